The van der Waals surface area contributed by atoms with Crippen LogP contribution in [0.2, 0.25) is 5.02 Å². The zero-order valence-corrected chi connectivity index (χ0v) is 38.9. The lowest BCUT2D eigenvalue weighted by Crippen LogP contribution is -2.43. The van der Waals surface area contributed by atoms with Crippen molar-refractivity contribution in [1.29, 1.82) is 0 Å². The molecule has 1 amide bonds. The molecule has 0 radical (unpaired) electrons. The molecule has 3 aromatic carbocycles. The number of nitro benzene ring substituents is 1. The first-order chi connectivity index (χ1) is 29.2. The minimum absolute atomic E-state index is 0.0223. The SMILES string of the molecule is CCOC(=O)COC(=O)c1cc(Oc2ccc(C(F)(F)F)cc2Cl)ccc1[N+](=O)[O-].CCc1cccc(C)c1N(C(=O)CCl)C(C)COC.C[S+](C)C.O=C(O)CNCP(=O)([O-])O. The number of hydrogen-bond donors (Lipinski definition) is 3. The number of aryl methyl sites for hydroxylation is 2. The number of carboxylic acids is 1. The number of anilines is 1. The molecule has 0 aliphatic rings. The summed E-state index contributed by atoms with van der Waals surface area (Å²) in [6, 6.07) is 11.4. The first-order valence-electron chi connectivity index (χ1n) is 18.3. The number of halogens is 5. The molecule has 0 aromatic heterocycles. The molecule has 2 atom stereocenters. The number of carbonyl (C=O) groups excluding carboxylic acids is 3. The van der Waals surface area contributed by atoms with Gasteiger partial charge in [0.25, 0.3) is 5.69 Å². The number of rotatable bonds is 17. The first-order valence-corrected chi connectivity index (χ1v) is 23.4. The molecule has 3 N–H and O–H groups in total. The van der Waals surface area contributed by atoms with Gasteiger partial charge in [-0.1, -0.05) is 36.7 Å². The second kappa shape index (κ2) is 29.1. The van der Waals surface area contributed by atoms with E-state index in [1.165, 1.54) is 6.92 Å². The summed E-state index contributed by atoms with van der Waals surface area (Å²) in [7, 11) is -2.07. The van der Waals surface area contributed by atoms with Crippen LogP contribution in [0.4, 0.5) is 24.5 Å². The molecule has 3 aromatic rings. The Morgan fingerprint density at radius 3 is 2.14 bits per heavy atom. The summed E-state index contributed by atoms with van der Waals surface area (Å²) in [5, 5.41) is 20.8. The van der Waals surface area contributed by atoms with Gasteiger partial charge in [-0.25, -0.2) is 9.59 Å². The van der Waals surface area contributed by atoms with Crippen LogP contribution in [0.1, 0.15) is 47.8 Å². The van der Waals surface area contributed by atoms with Crippen molar-refractivity contribution in [3.05, 3.63) is 92.0 Å². The van der Waals surface area contributed by atoms with Crippen molar-refractivity contribution in [3.63, 3.8) is 0 Å². The highest BCUT2D eigenvalue weighted by atomic mass is 35.5. The third-order valence-corrected chi connectivity index (χ3v) is 8.41. The van der Waals surface area contributed by atoms with Crippen molar-refractivity contribution in [2.45, 2.75) is 46.3 Å². The predicted octanol–water partition coefficient (Wildman–Crippen LogP) is 6.60. The molecule has 24 heteroatoms. The second-order valence-corrected chi connectivity index (χ2v) is 17.8. The Labute approximate surface area is 375 Å². The number of methoxy groups -OCH3 is 1. The second-order valence-electron chi connectivity index (χ2n) is 13.0. The third kappa shape index (κ3) is 23.2. The van der Waals surface area contributed by atoms with Crippen molar-refractivity contribution in [2.24, 2.45) is 0 Å². The standard InChI is InChI=1S/C18H13ClF3NO7.C15H22ClNO2.C3H8NO5P.C3H9S/c1-2-28-16(24)9-29-17(25)12-8-11(4-5-14(12)23(26)27)30-15-6-3-10(7-13(15)19)18(20,21)22;1-5-13-8-6-7-11(2)15(13)17(14(18)9-16)12(3)10-19-4;5-3(6)1-4-2-10(7,8)9;1-4(2)3/h3-8H,2,9H2,1H3;6-8,12H,5,9-10H2,1-4H3;4H,1-2H2,(H,5,6)(H2,7,8,9);1-3H3/q;;;+1/p-1. The van der Waals surface area contributed by atoms with E-state index in [0.717, 1.165) is 53.6 Å². The smallest absolute Gasteiger partial charge is 0.416 e. The molecule has 352 valence electrons. The number of alkyl halides is 4. The molecule has 0 aliphatic carbocycles. The van der Waals surface area contributed by atoms with Gasteiger partial charge in [0.05, 0.1) is 72.1 Å². The zero-order chi connectivity index (χ0) is 48.7. The van der Waals surface area contributed by atoms with E-state index in [2.05, 4.69) is 36.5 Å². The number of esters is 2. The summed E-state index contributed by atoms with van der Waals surface area (Å²) in [5.74, 6) is -3.64. The summed E-state index contributed by atoms with van der Waals surface area (Å²) in [5.41, 5.74) is 1.05. The summed E-state index contributed by atoms with van der Waals surface area (Å²) < 4.78 is 67.9. The molecule has 3 rings (SSSR count). The Morgan fingerprint density at radius 2 is 1.67 bits per heavy atom. The van der Waals surface area contributed by atoms with E-state index >= 15 is 0 Å². The van der Waals surface area contributed by atoms with Crippen molar-refractivity contribution < 1.29 is 75.7 Å². The Kier molecular flexibility index (Phi) is 27.0. The van der Waals surface area contributed by atoms with Crippen LogP contribution in [0.5, 0.6) is 11.5 Å². The van der Waals surface area contributed by atoms with Crippen LogP contribution in [-0.2, 0) is 56.7 Å². The van der Waals surface area contributed by atoms with E-state index in [4.69, 9.17) is 47.4 Å². The Morgan fingerprint density at radius 1 is 1.05 bits per heavy atom. The maximum absolute atomic E-state index is 12.7. The van der Waals surface area contributed by atoms with E-state index in [9.17, 15) is 51.9 Å². The monoisotopic (exact) mass is 975 g/mol. The van der Waals surface area contributed by atoms with Crippen LogP contribution < -0.4 is 19.8 Å². The Balaban J connectivity index is 0.000000987. The largest absolute Gasteiger partial charge is 0.778 e. The number of carboxylic acid groups (broad SMARTS) is 1. The Bertz CT molecular complexity index is 2020. The highest BCUT2D eigenvalue weighted by Crippen LogP contribution is 2.37. The third-order valence-electron chi connectivity index (χ3n) is 7.26. The summed E-state index contributed by atoms with van der Waals surface area (Å²) in [6.45, 7) is 6.91. The molecule has 0 fully saturated rings. The minimum atomic E-state index is -4.61. The fourth-order valence-electron chi connectivity index (χ4n) is 4.82. The van der Waals surface area contributed by atoms with Crippen LogP contribution in [0.25, 0.3) is 0 Å². The Hall–Kier alpha value is -4.47. The summed E-state index contributed by atoms with van der Waals surface area (Å²) in [6.07, 6.45) is 2.15. The molecule has 17 nitrogen and oxygen atoms in total. The molecular weight excluding hydrogens is 925 g/mol. The van der Waals surface area contributed by atoms with Gasteiger partial charge in [-0.05, 0) is 73.5 Å². The van der Waals surface area contributed by atoms with Gasteiger partial charge in [-0.3, -0.25) is 25.0 Å². The fourth-order valence-corrected chi connectivity index (χ4v) is 5.56. The molecule has 0 saturated heterocycles. The predicted molar refractivity (Wildman–Crippen MR) is 232 cm³/mol. The number of benzene rings is 3. The van der Waals surface area contributed by atoms with Gasteiger partial charge in [0.15, 0.2) is 6.61 Å². The molecule has 0 heterocycles. The van der Waals surface area contributed by atoms with Crippen molar-refractivity contribution in [1.82, 2.24) is 5.32 Å². The van der Waals surface area contributed by atoms with E-state index < -0.39 is 72.9 Å². The zero-order valence-electron chi connectivity index (χ0n) is 35.7. The molecule has 0 aliphatic heterocycles. The van der Waals surface area contributed by atoms with Gasteiger partial charge in [0, 0.05) is 19.2 Å². The van der Waals surface area contributed by atoms with E-state index in [1.807, 2.05) is 31.3 Å². The number of hydrogen-bond acceptors (Lipinski definition) is 13. The van der Waals surface area contributed by atoms with Crippen molar-refractivity contribution >= 4 is 76.9 Å². The number of nitro groups is 1. The van der Waals surface area contributed by atoms with Crippen LogP contribution in [-0.4, -0.2) is 109 Å². The highest BCUT2D eigenvalue weighted by Gasteiger charge is 2.31. The highest BCUT2D eigenvalue weighted by molar-refractivity contribution is 7.94. The normalized spacial score (nSPS) is 12.1. The average molecular weight is 977 g/mol. The summed E-state index contributed by atoms with van der Waals surface area (Å²) in [4.78, 5) is 75.5. The lowest BCUT2D eigenvalue weighted by molar-refractivity contribution is -0.385. The molecule has 0 spiro atoms. The van der Waals surface area contributed by atoms with E-state index in [1.54, 1.807) is 12.0 Å². The van der Waals surface area contributed by atoms with Crippen LogP contribution in [0, 0.1) is 17.0 Å². The number of nitrogens with zero attached hydrogens (tertiary/aromatic N) is 2. The molecule has 63 heavy (non-hydrogen) atoms. The number of para-hydroxylation sites is 1. The number of nitrogens with one attached hydrogen (secondary N) is 1. The quantitative estimate of drug-likeness (QED) is 0.0322. The number of amides is 1. The van der Waals surface area contributed by atoms with Crippen LogP contribution in [0.3, 0.4) is 0 Å². The van der Waals surface area contributed by atoms with Gasteiger partial charge in [-0.15, -0.1) is 11.6 Å². The maximum Gasteiger partial charge on any atom is 0.416 e. The van der Waals surface area contributed by atoms with Crippen LogP contribution >= 0.6 is 30.8 Å². The number of ether oxygens (including phenoxy) is 4. The molecular formula is C39H51Cl2F3N3O14PS. The molecule has 0 bridgehead atoms. The van der Waals surface area contributed by atoms with Crippen LogP contribution in [0.15, 0.2) is 54.6 Å². The minimum Gasteiger partial charge on any atom is -0.778 e. The topological polar surface area (TPSA) is 244 Å². The fraction of sp³-hybridized carbons (Fsp3) is 0.436. The lowest BCUT2D eigenvalue weighted by Gasteiger charge is -2.31. The summed E-state index contributed by atoms with van der Waals surface area (Å²) >= 11 is 11.6. The van der Waals surface area contributed by atoms with Gasteiger partial charge < -0.3 is 43.3 Å². The average Bonchev–Trinajstić information content (AvgIpc) is 3.17. The van der Waals surface area contributed by atoms with Gasteiger partial charge in [0.1, 0.15) is 30.5 Å². The van der Waals surface area contributed by atoms with Gasteiger partial charge >= 0.3 is 24.1 Å². The molecule has 2 unspecified atom stereocenters. The van der Waals surface area contributed by atoms with E-state index in [0.29, 0.717) is 23.6 Å². The van der Waals surface area contributed by atoms with E-state index in [-0.39, 0.29) is 41.0 Å². The lowest BCUT2D eigenvalue weighted by atomic mass is 10.0. The van der Waals surface area contributed by atoms with Crippen molar-refractivity contribution in [2.75, 3.05) is 69.3 Å². The van der Waals surface area contributed by atoms with Gasteiger partial charge in [-0.2, -0.15) is 13.2 Å². The number of aliphatic carboxylic acids is 1. The first kappa shape index (κ1) is 58.5. The van der Waals surface area contributed by atoms with Crippen molar-refractivity contribution in [3.8, 4) is 11.5 Å². The molecule has 0 saturated carbocycles. The number of carbonyl (C=O) groups is 4. The maximum atomic E-state index is 12.7. The van der Waals surface area contributed by atoms with Gasteiger partial charge in [0.2, 0.25) is 5.91 Å².